The summed E-state index contributed by atoms with van der Waals surface area (Å²) in [6.45, 7) is 4.62. The maximum Gasteiger partial charge on any atom is 0.233 e. The molecule has 1 amide bonds. The largest absolute Gasteiger partial charge is 0.483 e. The van der Waals surface area contributed by atoms with Gasteiger partial charge in [-0.2, -0.15) is 0 Å². The average molecular weight is 551 g/mol. The molecule has 0 N–H and O–H groups in total. The van der Waals surface area contributed by atoms with E-state index in [9.17, 15) is 17.6 Å². The zero-order chi connectivity index (χ0) is 26.2. The Morgan fingerprint density at radius 1 is 1.24 bits per heavy atom. The average Bonchev–Trinajstić information content (AvgIpc) is 3.66. The molecule has 5 unspecified atom stereocenters. The number of halogens is 1. The smallest absolute Gasteiger partial charge is 0.233 e. The number of ether oxygens (including phenoxy) is 1. The van der Waals surface area contributed by atoms with Crippen molar-refractivity contribution in [3.63, 3.8) is 0 Å². The molecule has 2 aromatic rings. The fraction of sp³-hybridized carbons (Fsp3) is 0.654. The van der Waals surface area contributed by atoms with Crippen LogP contribution in [0.25, 0.3) is 0 Å². The van der Waals surface area contributed by atoms with Crippen LogP contribution in [0.5, 0.6) is 5.75 Å². The van der Waals surface area contributed by atoms with Crippen molar-refractivity contribution >= 4 is 27.5 Å². The molecule has 37 heavy (non-hydrogen) atoms. The van der Waals surface area contributed by atoms with E-state index >= 15 is 0 Å². The van der Waals surface area contributed by atoms with Gasteiger partial charge in [0.1, 0.15) is 6.61 Å². The number of hydrogen-bond donors (Lipinski definition) is 0. The number of carbonyl (C=O) groups excluding carboxylic acids is 1. The summed E-state index contributed by atoms with van der Waals surface area (Å²) in [7, 11) is -3.08. The molecule has 8 nitrogen and oxygen atoms in total. The van der Waals surface area contributed by atoms with Crippen molar-refractivity contribution in [3.8, 4) is 5.75 Å². The summed E-state index contributed by atoms with van der Waals surface area (Å²) >= 11 is 1.33. The molecule has 1 aromatic heterocycles. The van der Waals surface area contributed by atoms with Crippen LogP contribution in [0, 0.1) is 23.6 Å². The van der Waals surface area contributed by atoms with Gasteiger partial charge in [-0.25, -0.2) is 12.8 Å². The summed E-state index contributed by atoms with van der Waals surface area (Å²) in [6.07, 6.45) is 5.50. The Balaban J connectivity index is 1.33. The molecule has 5 atom stereocenters. The zero-order valence-electron chi connectivity index (χ0n) is 21.4. The second-order valence-electron chi connectivity index (χ2n) is 10.6. The van der Waals surface area contributed by atoms with Crippen molar-refractivity contribution in [1.29, 1.82) is 0 Å². The van der Waals surface area contributed by atoms with E-state index in [0.29, 0.717) is 35.8 Å². The molecule has 2 aliphatic carbocycles. The van der Waals surface area contributed by atoms with Crippen LogP contribution in [-0.4, -0.2) is 63.8 Å². The summed E-state index contributed by atoms with van der Waals surface area (Å²) in [4.78, 5) is 14.8. The van der Waals surface area contributed by atoms with Gasteiger partial charge in [0.25, 0.3) is 0 Å². The highest BCUT2D eigenvalue weighted by molar-refractivity contribution is 7.99. The summed E-state index contributed by atoms with van der Waals surface area (Å²) in [5.74, 6) is 2.55. The lowest BCUT2D eigenvalue weighted by atomic mass is 9.84. The van der Waals surface area contributed by atoms with Crippen LogP contribution in [0.4, 0.5) is 4.39 Å². The zero-order valence-corrected chi connectivity index (χ0v) is 23.0. The number of para-hydroxylation sites is 1. The fourth-order valence-electron chi connectivity index (χ4n) is 6.56. The molecule has 2 saturated carbocycles. The monoisotopic (exact) mass is 550 g/mol. The number of rotatable bonds is 10. The molecular formula is C26H35FN4O4S2. The third-order valence-corrected chi connectivity index (χ3v) is 11.1. The van der Waals surface area contributed by atoms with Crippen molar-refractivity contribution in [1.82, 2.24) is 19.7 Å². The Kier molecular flexibility index (Phi) is 7.81. The SMILES string of the molecule is CCN(C(=O)CSc1nnc(COc2ccccc2F)n1C(C)C1CC2CCC1C2)C1CCS(=O)(=O)C1. The number of thioether (sulfide) groups is 1. The Morgan fingerprint density at radius 3 is 2.70 bits per heavy atom. The minimum absolute atomic E-state index is 0.0340. The second-order valence-corrected chi connectivity index (χ2v) is 13.8. The number of nitrogens with zero attached hydrogens (tertiary/aromatic N) is 4. The van der Waals surface area contributed by atoms with Crippen LogP contribution >= 0.6 is 11.8 Å². The number of carbonyl (C=O) groups is 1. The van der Waals surface area contributed by atoms with Gasteiger partial charge in [-0.3, -0.25) is 9.36 Å². The highest BCUT2D eigenvalue weighted by Gasteiger charge is 2.43. The molecule has 2 heterocycles. The maximum absolute atomic E-state index is 14.1. The summed E-state index contributed by atoms with van der Waals surface area (Å²) in [5, 5.41) is 9.46. The van der Waals surface area contributed by atoms with E-state index < -0.39 is 15.7 Å². The molecule has 2 bridgehead atoms. The molecule has 1 saturated heterocycles. The van der Waals surface area contributed by atoms with Gasteiger partial charge in [0.15, 0.2) is 32.4 Å². The van der Waals surface area contributed by atoms with Gasteiger partial charge in [0, 0.05) is 18.6 Å². The number of amides is 1. The van der Waals surface area contributed by atoms with Gasteiger partial charge in [-0.1, -0.05) is 30.3 Å². The Hall–Kier alpha value is -2.14. The van der Waals surface area contributed by atoms with E-state index in [2.05, 4.69) is 21.7 Å². The summed E-state index contributed by atoms with van der Waals surface area (Å²) < 4.78 is 45.9. The predicted molar refractivity (Wildman–Crippen MR) is 140 cm³/mol. The highest BCUT2D eigenvalue weighted by Crippen LogP contribution is 2.52. The normalized spacial score (nSPS) is 26.9. The Labute approximate surface area is 222 Å². The third kappa shape index (κ3) is 5.67. The standard InChI is InChI=1S/C26H35FN4O4S2/c1-3-30(20-10-11-37(33,34)16-20)25(32)15-36-26-29-28-24(14-35-23-7-5-4-6-22(23)27)31(26)17(2)21-13-18-8-9-19(21)12-18/h4-7,17-21H,3,8-16H2,1-2H3. The first-order valence-electron chi connectivity index (χ1n) is 13.2. The first kappa shape index (κ1) is 26.5. The fourth-order valence-corrected chi connectivity index (χ4v) is 9.22. The van der Waals surface area contributed by atoms with E-state index in [4.69, 9.17) is 4.74 Å². The van der Waals surface area contributed by atoms with Crippen LogP contribution in [0.15, 0.2) is 29.4 Å². The van der Waals surface area contributed by atoms with Crippen LogP contribution < -0.4 is 4.74 Å². The van der Waals surface area contributed by atoms with E-state index in [0.717, 1.165) is 5.92 Å². The molecule has 5 rings (SSSR count). The maximum atomic E-state index is 14.1. The quantitative estimate of drug-likeness (QED) is 0.411. The molecule has 11 heteroatoms. The number of sulfone groups is 1. The number of fused-ring (bicyclic) bond motifs is 2. The van der Waals surface area contributed by atoms with Crippen LogP contribution in [0.3, 0.4) is 0 Å². The van der Waals surface area contributed by atoms with Crippen molar-refractivity contribution in [3.05, 3.63) is 35.9 Å². The lowest BCUT2D eigenvalue weighted by Gasteiger charge is -2.30. The van der Waals surface area contributed by atoms with Gasteiger partial charge >= 0.3 is 0 Å². The number of aromatic nitrogens is 3. The van der Waals surface area contributed by atoms with Gasteiger partial charge in [0.05, 0.1) is 17.3 Å². The van der Waals surface area contributed by atoms with Gasteiger partial charge in [0.2, 0.25) is 5.91 Å². The number of benzene rings is 1. The van der Waals surface area contributed by atoms with E-state index in [-0.39, 0.29) is 47.6 Å². The highest BCUT2D eigenvalue weighted by atomic mass is 32.2. The third-order valence-electron chi connectivity index (χ3n) is 8.38. The van der Waals surface area contributed by atoms with E-state index in [1.165, 1.54) is 43.5 Å². The summed E-state index contributed by atoms with van der Waals surface area (Å²) in [5.41, 5.74) is 0. The second kappa shape index (κ2) is 10.9. The van der Waals surface area contributed by atoms with E-state index in [1.807, 2.05) is 6.92 Å². The van der Waals surface area contributed by atoms with Gasteiger partial charge < -0.3 is 9.64 Å². The van der Waals surface area contributed by atoms with Crippen LogP contribution in [0.2, 0.25) is 0 Å². The molecular weight excluding hydrogens is 515 g/mol. The first-order valence-corrected chi connectivity index (χ1v) is 16.0. The molecule has 3 fully saturated rings. The van der Waals surface area contributed by atoms with E-state index in [1.54, 1.807) is 23.1 Å². The molecule has 1 aromatic carbocycles. The number of hydrogen-bond acceptors (Lipinski definition) is 7. The molecule has 0 radical (unpaired) electrons. The topological polar surface area (TPSA) is 94.4 Å². The predicted octanol–water partition coefficient (Wildman–Crippen LogP) is 4.12. The van der Waals surface area contributed by atoms with Gasteiger partial charge in [-0.15, -0.1) is 10.2 Å². The Bertz CT molecular complexity index is 1240. The Morgan fingerprint density at radius 2 is 2.05 bits per heavy atom. The summed E-state index contributed by atoms with van der Waals surface area (Å²) in [6, 6.07) is 6.16. The van der Waals surface area contributed by atoms with Crippen molar-refractivity contribution < 1.29 is 22.3 Å². The minimum atomic E-state index is -3.08. The van der Waals surface area contributed by atoms with Crippen LogP contribution in [0.1, 0.15) is 57.8 Å². The molecule has 1 aliphatic heterocycles. The molecule has 3 aliphatic rings. The molecule has 0 spiro atoms. The van der Waals surface area contributed by atoms with Crippen LogP contribution in [-0.2, 0) is 21.2 Å². The van der Waals surface area contributed by atoms with Crippen molar-refractivity contribution in [2.24, 2.45) is 17.8 Å². The minimum Gasteiger partial charge on any atom is -0.483 e. The first-order chi connectivity index (χ1) is 17.8. The molecule has 202 valence electrons. The van der Waals surface area contributed by atoms with Crippen molar-refractivity contribution in [2.45, 2.75) is 69.8 Å². The van der Waals surface area contributed by atoms with Crippen molar-refractivity contribution in [2.75, 3.05) is 23.8 Å². The van der Waals surface area contributed by atoms with Gasteiger partial charge in [-0.05, 0) is 69.4 Å². The lowest BCUT2D eigenvalue weighted by molar-refractivity contribution is -0.129. The lowest BCUT2D eigenvalue weighted by Crippen LogP contribution is -2.42.